The number of nitrogens with one attached hydrogen (secondary N) is 4. The van der Waals surface area contributed by atoms with Crippen LogP contribution in [-0.2, 0) is 30.4 Å². The van der Waals surface area contributed by atoms with Crippen molar-refractivity contribution in [2.75, 3.05) is 13.6 Å². The topological polar surface area (TPSA) is 163 Å². The van der Waals surface area contributed by atoms with Crippen molar-refractivity contribution in [1.29, 1.82) is 0 Å². The van der Waals surface area contributed by atoms with Crippen LogP contribution in [0.2, 0.25) is 0 Å². The molecule has 0 aromatic heterocycles. The quantitative estimate of drug-likeness (QED) is 0.0507. The number of benzene rings is 1. The fourth-order valence-electron chi connectivity index (χ4n) is 8.67. The van der Waals surface area contributed by atoms with Gasteiger partial charge in [-0.05, 0) is 64.5 Å². The van der Waals surface area contributed by atoms with Gasteiger partial charge in [0.2, 0.25) is 29.5 Å². The highest BCUT2D eigenvalue weighted by Gasteiger charge is 2.44. The monoisotopic (exact) mass is 809 g/mol. The van der Waals surface area contributed by atoms with Crippen LogP contribution in [0.15, 0.2) is 24.3 Å². The van der Waals surface area contributed by atoms with Crippen molar-refractivity contribution in [3.8, 4) is 0 Å². The predicted molar refractivity (Wildman–Crippen MR) is 234 cm³/mol. The minimum absolute atomic E-state index is 0.0448. The maximum Gasteiger partial charge on any atom is 0.246 e. The molecule has 328 valence electrons. The molecule has 2 aliphatic heterocycles. The van der Waals surface area contributed by atoms with Gasteiger partial charge in [-0.1, -0.05) is 159 Å². The van der Waals surface area contributed by atoms with Crippen LogP contribution in [0.3, 0.4) is 0 Å². The van der Waals surface area contributed by atoms with Crippen molar-refractivity contribution in [2.45, 2.75) is 217 Å². The second-order valence-corrected chi connectivity index (χ2v) is 17.2. The number of primary amides is 1. The Kier molecular flexibility index (Phi) is 24.3. The Morgan fingerprint density at radius 1 is 0.724 bits per heavy atom. The number of aryl methyl sites for hydroxylation is 1. The molecule has 0 saturated carbocycles. The summed E-state index contributed by atoms with van der Waals surface area (Å²) in [4.78, 5) is 68.2. The first-order chi connectivity index (χ1) is 28.1. The Labute approximate surface area is 350 Å². The molecule has 1 aromatic carbocycles. The van der Waals surface area contributed by atoms with E-state index in [0.717, 1.165) is 49.7 Å². The van der Waals surface area contributed by atoms with E-state index >= 15 is 0 Å². The molecule has 0 spiro atoms. The molecular weight excluding hydrogens is 729 g/mol. The Bertz CT molecular complexity index is 1360. The number of fused-ring (bicyclic) bond motifs is 1. The maximum absolute atomic E-state index is 14.1. The molecule has 5 amide bonds. The number of unbranched alkanes of at least 4 members (excludes halogenated alkanes) is 17. The standard InChI is InChI=1S/C47H80N6O5/c1-4-5-6-7-8-9-10-11-12-13-14-15-16-17-18-19-20-23-34-50-44(55)39(31-33-43(48)54)51-46(57)42-32-30-38-24-21-22-25-40(47(58)53(38)42)52-45(56)41(49-3)35-37-28-26-36(2)27-29-37/h26-29,38-42,49H,4-25,30-35H2,1-3H3,(H2,48,54)(H,50,55)(H,51,57)(H,52,56). The molecule has 2 fully saturated rings. The van der Waals surface area contributed by atoms with Crippen LogP contribution in [0.5, 0.6) is 0 Å². The van der Waals surface area contributed by atoms with Crippen LogP contribution >= 0.6 is 0 Å². The number of amides is 5. The zero-order chi connectivity index (χ0) is 42.0. The second kappa shape index (κ2) is 28.9. The minimum Gasteiger partial charge on any atom is -0.370 e. The third kappa shape index (κ3) is 18.6. The van der Waals surface area contributed by atoms with Crippen LogP contribution in [0.25, 0.3) is 0 Å². The molecular formula is C47H80N6O5. The second-order valence-electron chi connectivity index (χ2n) is 17.2. The first-order valence-electron chi connectivity index (χ1n) is 23.4. The average Bonchev–Trinajstić information content (AvgIpc) is 3.63. The molecule has 1 aromatic rings. The SMILES string of the molecule is CCCCCCCCCCCCCCCCCCCCNC(=O)C(CCC(N)=O)NC(=O)C1CCC2CCCCC(NC(=O)C(Cc3ccc(C)cc3)NC)C(=O)N21. The largest absolute Gasteiger partial charge is 0.370 e. The zero-order valence-electron chi connectivity index (χ0n) is 36.6. The molecule has 0 bridgehead atoms. The highest BCUT2D eigenvalue weighted by molar-refractivity contribution is 5.95. The predicted octanol–water partition coefficient (Wildman–Crippen LogP) is 7.45. The fraction of sp³-hybridized carbons (Fsp3) is 0.766. The van der Waals surface area contributed by atoms with E-state index in [1.54, 1.807) is 11.9 Å². The van der Waals surface area contributed by atoms with E-state index in [1.165, 1.54) is 96.3 Å². The molecule has 2 aliphatic rings. The van der Waals surface area contributed by atoms with E-state index in [-0.39, 0.29) is 36.6 Å². The third-order valence-electron chi connectivity index (χ3n) is 12.3. The van der Waals surface area contributed by atoms with Crippen LogP contribution in [0.1, 0.15) is 185 Å². The number of carbonyl (C=O) groups excluding carboxylic acids is 5. The molecule has 3 rings (SSSR count). The van der Waals surface area contributed by atoms with Crippen molar-refractivity contribution >= 4 is 29.5 Å². The number of nitrogens with two attached hydrogens (primary N) is 1. The lowest BCUT2D eigenvalue weighted by molar-refractivity contribution is -0.145. The number of rotatable bonds is 30. The summed E-state index contributed by atoms with van der Waals surface area (Å²) in [6, 6.07) is 4.96. The Morgan fingerprint density at radius 2 is 1.28 bits per heavy atom. The van der Waals surface area contributed by atoms with E-state index in [9.17, 15) is 24.0 Å². The van der Waals surface area contributed by atoms with Crippen LogP contribution < -0.4 is 27.0 Å². The van der Waals surface area contributed by atoms with Crippen molar-refractivity contribution in [3.05, 3.63) is 35.4 Å². The number of likely N-dealkylation sites (N-methyl/N-ethyl adjacent to an activating group) is 1. The van der Waals surface area contributed by atoms with E-state index in [0.29, 0.717) is 32.2 Å². The molecule has 6 N–H and O–H groups in total. The molecule has 11 heteroatoms. The number of carbonyl (C=O) groups is 5. The lowest BCUT2D eigenvalue weighted by Gasteiger charge is -2.36. The maximum atomic E-state index is 14.1. The first kappa shape index (κ1) is 48.9. The molecule has 2 heterocycles. The van der Waals surface area contributed by atoms with Gasteiger partial charge in [0.05, 0.1) is 6.04 Å². The van der Waals surface area contributed by atoms with Crippen molar-refractivity contribution in [2.24, 2.45) is 5.73 Å². The lowest BCUT2D eigenvalue weighted by atomic mass is 9.98. The van der Waals surface area contributed by atoms with Crippen molar-refractivity contribution in [1.82, 2.24) is 26.2 Å². The summed E-state index contributed by atoms with van der Waals surface area (Å²) in [6.07, 6.45) is 27.9. The summed E-state index contributed by atoms with van der Waals surface area (Å²) in [5.74, 6) is -1.81. The van der Waals surface area contributed by atoms with E-state index in [2.05, 4.69) is 28.2 Å². The van der Waals surface area contributed by atoms with Gasteiger partial charge in [-0.25, -0.2) is 0 Å². The molecule has 5 atom stereocenters. The van der Waals surface area contributed by atoms with Crippen LogP contribution in [-0.4, -0.2) is 78.2 Å². The summed E-state index contributed by atoms with van der Waals surface area (Å²) in [7, 11) is 1.74. The Morgan fingerprint density at radius 3 is 1.83 bits per heavy atom. The zero-order valence-corrected chi connectivity index (χ0v) is 36.6. The highest BCUT2D eigenvalue weighted by atomic mass is 16.2. The minimum atomic E-state index is -0.937. The van der Waals surface area contributed by atoms with Gasteiger partial charge in [0.25, 0.3) is 0 Å². The summed E-state index contributed by atoms with van der Waals surface area (Å²) in [6.45, 7) is 4.79. The van der Waals surface area contributed by atoms with Gasteiger partial charge in [-0.2, -0.15) is 0 Å². The number of nitrogens with zero attached hydrogens (tertiary/aromatic N) is 1. The Hall–Kier alpha value is -3.47. The van der Waals surface area contributed by atoms with Crippen LogP contribution in [0.4, 0.5) is 0 Å². The molecule has 58 heavy (non-hydrogen) atoms. The van der Waals surface area contributed by atoms with Gasteiger partial charge in [0.1, 0.15) is 18.1 Å². The Balaban J connectivity index is 1.40. The van der Waals surface area contributed by atoms with Crippen LogP contribution in [0, 0.1) is 6.92 Å². The summed E-state index contributed by atoms with van der Waals surface area (Å²) < 4.78 is 0. The highest BCUT2D eigenvalue weighted by Crippen LogP contribution is 2.31. The molecule has 2 saturated heterocycles. The summed E-state index contributed by atoms with van der Waals surface area (Å²) >= 11 is 0. The van der Waals surface area contributed by atoms with Crippen molar-refractivity contribution in [3.63, 3.8) is 0 Å². The van der Waals surface area contributed by atoms with Gasteiger partial charge in [0.15, 0.2) is 0 Å². The number of hydrogen-bond acceptors (Lipinski definition) is 6. The smallest absolute Gasteiger partial charge is 0.246 e. The first-order valence-corrected chi connectivity index (χ1v) is 23.4. The van der Waals surface area contributed by atoms with Gasteiger partial charge in [0, 0.05) is 19.0 Å². The van der Waals surface area contributed by atoms with E-state index in [4.69, 9.17) is 5.73 Å². The van der Waals surface area contributed by atoms with Crippen molar-refractivity contribution < 1.29 is 24.0 Å². The fourth-order valence-corrected chi connectivity index (χ4v) is 8.67. The van der Waals surface area contributed by atoms with Gasteiger partial charge < -0.3 is 31.9 Å². The number of hydrogen-bond donors (Lipinski definition) is 5. The van der Waals surface area contributed by atoms with Gasteiger partial charge in [-0.3, -0.25) is 24.0 Å². The van der Waals surface area contributed by atoms with E-state index in [1.807, 2.05) is 31.2 Å². The summed E-state index contributed by atoms with van der Waals surface area (Å²) in [5.41, 5.74) is 7.60. The molecule has 0 radical (unpaired) electrons. The lowest BCUT2D eigenvalue weighted by Crippen LogP contribution is -2.59. The van der Waals surface area contributed by atoms with Gasteiger partial charge in [-0.15, -0.1) is 0 Å². The molecule has 11 nitrogen and oxygen atoms in total. The van der Waals surface area contributed by atoms with Gasteiger partial charge >= 0.3 is 0 Å². The molecule has 0 aliphatic carbocycles. The molecule has 5 unspecified atom stereocenters. The normalized spacial score (nSPS) is 19.1. The van der Waals surface area contributed by atoms with E-state index < -0.39 is 36.0 Å². The summed E-state index contributed by atoms with van der Waals surface area (Å²) in [5, 5.41) is 12.0. The average molecular weight is 809 g/mol. The third-order valence-corrected chi connectivity index (χ3v) is 12.3.